The molecule has 1 saturated heterocycles. The van der Waals surface area contributed by atoms with Crippen molar-refractivity contribution in [3.05, 3.63) is 11.6 Å². The fourth-order valence-electron chi connectivity index (χ4n) is 3.41. The minimum Gasteiger partial charge on any atom is -0.369 e. The van der Waals surface area contributed by atoms with Gasteiger partial charge in [-0.2, -0.15) is 0 Å². The van der Waals surface area contributed by atoms with Gasteiger partial charge in [0, 0.05) is 19.5 Å². The van der Waals surface area contributed by atoms with E-state index in [-0.39, 0.29) is 23.6 Å². The Labute approximate surface area is 140 Å². The number of carbonyl (C=O) groups excluding carboxylic acids is 2. The van der Waals surface area contributed by atoms with E-state index in [1.54, 1.807) is 0 Å². The molecule has 0 saturated carbocycles. The summed E-state index contributed by atoms with van der Waals surface area (Å²) in [5.74, 6) is 2.14. The Kier molecular flexibility index (Phi) is 5.20. The zero-order chi connectivity index (χ0) is 16.2. The second-order valence-corrected chi connectivity index (χ2v) is 7.13. The molecule has 1 atom stereocenters. The molecule has 2 amide bonds. The summed E-state index contributed by atoms with van der Waals surface area (Å²) in [6.07, 6.45) is 6.42. The predicted octanol–water partition coefficient (Wildman–Crippen LogP) is 0.886. The third-order valence-corrected chi connectivity index (χ3v) is 5.42. The zero-order valence-corrected chi connectivity index (χ0v) is 14.1. The number of hydrogen-bond donors (Lipinski definition) is 1. The van der Waals surface area contributed by atoms with Gasteiger partial charge in [0.2, 0.25) is 11.8 Å². The fourth-order valence-corrected chi connectivity index (χ4v) is 4.05. The molecule has 1 fully saturated rings. The van der Waals surface area contributed by atoms with Gasteiger partial charge in [-0.25, -0.2) is 0 Å². The Balaban J connectivity index is 1.70. The van der Waals surface area contributed by atoms with Crippen LogP contribution in [0.1, 0.15) is 49.8 Å². The SMILES string of the molecule is NC(=O)CSCC(=O)N1CCCC1c1nnc2n1CCCCC2. The standard InChI is InChI=1S/C15H23N5O2S/c16-12(21)9-23-10-14(22)19-8-4-5-11(19)15-18-17-13-6-2-1-3-7-20(13)15/h11H,1-10H2,(H2,16,21). The molecule has 0 bridgehead atoms. The van der Waals surface area contributed by atoms with E-state index < -0.39 is 0 Å². The van der Waals surface area contributed by atoms with Crippen molar-refractivity contribution in [2.75, 3.05) is 18.1 Å². The first kappa shape index (κ1) is 16.3. The number of nitrogens with two attached hydrogens (primary N) is 1. The van der Waals surface area contributed by atoms with E-state index >= 15 is 0 Å². The van der Waals surface area contributed by atoms with Crippen molar-refractivity contribution in [2.24, 2.45) is 5.73 Å². The number of amides is 2. The zero-order valence-electron chi connectivity index (χ0n) is 13.2. The molecule has 0 aliphatic carbocycles. The second kappa shape index (κ2) is 7.33. The fraction of sp³-hybridized carbons (Fsp3) is 0.733. The molecule has 1 aromatic heterocycles. The van der Waals surface area contributed by atoms with Crippen molar-refractivity contribution in [1.29, 1.82) is 0 Å². The predicted molar refractivity (Wildman–Crippen MR) is 87.8 cm³/mol. The van der Waals surface area contributed by atoms with Crippen molar-refractivity contribution in [2.45, 2.75) is 51.1 Å². The average Bonchev–Trinajstić information content (AvgIpc) is 3.08. The number of rotatable bonds is 5. The summed E-state index contributed by atoms with van der Waals surface area (Å²) in [6.45, 7) is 1.70. The normalized spacial score (nSPS) is 21.0. The van der Waals surface area contributed by atoms with Crippen LogP contribution in [0.15, 0.2) is 0 Å². The van der Waals surface area contributed by atoms with E-state index in [1.807, 2.05) is 4.90 Å². The summed E-state index contributed by atoms with van der Waals surface area (Å²) < 4.78 is 2.22. The van der Waals surface area contributed by atoms with E-state index in [9.17, 15) is 9.59 Å². The van der Waals surface area contributed by atoms with E-state index in [0.29, 0.717) is 5.75 Å². The van der Waals surface area contributed by atoms with Crippen molar-refractivity contribution in [3.63, 3.8) is 0 Å². The smallest absolute Gasteiger partial charge is 0.233 e. The van der Waals surface area contributed by atoms with Gasteiger partial charge in [0.15, 0.2) is 5.82 Å². The first-order valence-corrected chi connectivity index (χ1v) is 9.40. The molecule has 2 aliphatic heterocycles. The lowest BCUT2D eigenvalue weighted by Crippen LogP contribution is -2.33. The van der Waals surface area contributed by atoms with E-state index in [2.05, 4.69) is 14.8 Å². The average molecular weight is 337 g/mol. The molecule has 7 nitrogen and oxygen atoms in total. The number of fused-ring (bicyclic) bond motifs is 1. The summed E-state index contributed by atoms with van der Waals surface area (Å²) in [5.41, 5.74) is 5.12. The van der Waals surface area contributed by atoms with Gasteiger partial charge in [0.1, 0.15) is 5.82 Å². The molecule has 2 N–H and O–H groups in total. The lowest BCUT2D eigenvalue weighted by molar-refractivity contribution is -0.129. The summed E-state index contributed by atoms with van der Waals surface area (Å²) >= 11 is 1.28. The molecule has 8 heteroatoms. The molecule has 0 radical (unpaired) electrons. The van der Waals surface area contributed by atoms with Crippen molar-refractivity contribution in [3.8, 4) is 0 Å². The summed E-state index contributed by atoms with van der Waals surface area (Å²) in [4.78, 5) is 25.2. The number of aromatic nitrogens is 3. The first-order chi connectivity index (χ1) is 11.2. The molecule has 3 rings (SSSR count). The van der Waals surface area contributed by atoms with Gasteiger partial charge in [0.05, 0.1) is 17.5 Å². The third-order valence-electron chi connectivity index (χ3n) is 4.48. The van der Waals surface area contributed by atoms with Crippen LogP contribution >= 0.6 is 11.8 Å². The van der Waals surface area contributed by atoms with Crippen molar-refractivity contribution >= 4 is 23.6 Å². The number of carbonyl (C=O) groups is 2. The summed E-state index contributed by atoms with van der Waals surface area (Å²) in [5, 5.41) is 8.75. The van der Waals surface area contributed by atoms with Crippen molar-refractivity contribution < 1.29 is 9.59 Å². The summed E-state index contributed by atoms with van der Waals surface area (Å²) in [6, 6.07) is 0.0241. The Morgan fingerprint density at radius 1 is 1.13 bits per heavy atom. The maximum absolute atomic E-state index is 12.5. The maximum Gasteiger partial charge on any atom is 0.233 e. The van der Waals surface area contributed by atoms with E-state index in [0.717, 1.165) is 56.8 Å². The molecule has 23 heavy (non-hydrogen) atoms. The maximum atomic E-state index is 12.5. The highest BCUT2D eigenvalue weighted by Gasteiger charge is 2.34. The van der Waals surface area contributed by atoms with Gasteiger partial charge < -0.3 is 15.2 Å². The third kappa shape index (κ3) is 3.68. The number of nitrogens with zero attached hydrogens (tertiary/aromatic N) is 4. The highest BCUT2D eigenvalue weighted by atomic mass is 32.2. The van der Waals surface area contributed by atoms with Crippen LogP contribution in [-0.4, -0.2) is 49.5 Å². The number of hydrogen-bond acceptors (Lipinski definition) is 5. The first-order valence-electron chi connectivity index (χ1n) is 8.24. The van der Waals surface area contributed by atoms with Crippen LogP contribution in [0.3, 0.4) is 0 Å². The number of thioether (sulfide) groups is 1. The van der Waals surface area contributed by atoms with Gasteiger partial charge in [-0.15, -0.1) is 22.0 Å². The largest absolute Gasteiger partial charge is 0.369 e. The van der Waals surface area contributed by atoms with Gasteiger partial charge in [-0.3, -0.25) is 9.59 Å². The Morgan fingerprint density at radius 2 is 2.00 bits per heavy atom. The van der Waals surface area contributed by atoms with Crippen molar-refractivity contribution in [1.82, 2.24) is 19.7 Å². The van der Waals surface area contributed by atoms with E-state index in [1.165, 1.54) is 18.2 Å². The molecule has 1 aromatic rings. The lowest BCUT2D eigenvalue weighted by atomic mass is 10.2. The lowest BCUT2D eigenvalue weighted by Gasteiger charge is -2.24. The Hall–Kier alpha value is -1.57. The Bertz CT molecular complexity index is 588. The van der Waals surface area contributed by atoms with E-state index in [4.69, 9.17) is 5.73 Å². The highest BCUT2D eigenvalue weighted by Crippen LogP contribution is 2.32. The van der Waals surface area contributed by atoms with Crippen LogP contribution in [0.2, 0.25) is 0 Å². The minimum atomic E-state index is -0.386. The van der Waals surface area contributed by atoms with Crippen LogP contribution < -0.4 is 5.73 Å². The number of likely N-dealkylation sites (tertiary alicyclic amines) is 1. The molecule has 1 unspecified atom stereocenters. The van der Waals surface area contributed by atoms with Crippen LogP contribution in [-0.2, 0) is 22.6 Å². The molecule has 0 aromatic carbocycles. The van der Waals surface area contributed by atoms with Crippen LogP contribution in [0, 0.1) is 0 Å². The van der Waals surface area contributed by atoms with Gasteiger partial charge >= 0.3 is 0 Å². The number of aryl methyl sites for hydroxylation is 1. The van der Waals surface area contributed by atoms with Gasteiger partial charge in [-0.1, -0.05) is 6.42 Å². The molecular weight excluding hydrogens is 314 g/mol. The Morgan fingerprint density at radius 3 is 2.83 bits per heavy atom. The molecule has 126 valence electrons. The monoisotopic (exact) mass is 337 g/mol. The van der Waals surface area contributed by atoms with Crippen LogP contribution in [0.4, 0.5) is 0 Å². The molecule has 0 spiro atoms. The topological polar surface area (TPSA) is 94.1 Å². The summed E-state index contributed by atoms with van der Waals surface area (Å²) in [7, 11) is 0. The molecule has 3 heterocycles. The number of primary amides is 1. The van der Waals surface area contributed by atoms with Gasteiger partial charge in [-0.05, 0) is 25.7 Å². The van der Waals surface area contributed by atoms with Crippen LogP contribution in [0.5, 0.6) is 0 Å². The minimum absolute atomic E-state index is 0.0241. The van der Waals surface area contributed by atoms with Crippen LogP contribution in [0.25, 0.3) is 0 Å². The second-order valence-electron chi connectivity index (χ2n) is 6.14. The molecule has 2 aliphatic rings. The quantitative estimate of drug-likeness (QED) is 0.861. The van der Waals surface area contributed by atoms with Gasteiger partial charge in [0.25, 0.3) is 0 Å². The molecular formula is C15H23N5O2S. The highest BCUT2D eigenvalue weighted by molar-refractivity contribution is 8.00.